The number of benzene rings is 1. The molecule has 0 saturated carbocycles. The zero-order valence-corrected chi connectivity index (χ0v) is 14.5. The molecule has 6 heteroatoms. The second kappa shape index (κ2) is 8.19. The van der Waals surface area contributed by atoms with Gasteiger partial charge in [-0.25, -0.2) is 0 Å². The van der Waals surface area contributed by atoms with E-state index in [1.807, 2.05) is 17.0 Å². The van der Waals surface area contributed by atoms with Crippen molar-refractivity contribution in [3.63, 3.8) is 0 Å². The normalized spacial score (nSPS) is 14.9. The Labute approximate surface area is 143 Å². The van der Waals surface area contributed by atoms with Gasteiger partial charge < -0.3 is 9.80 Å². The standard InChI is InChI=1S/C17H23ClN4O/c1-3-20(4-2)13-17(23)22-9-7-21(8-10-22)15-6-5-14(12-19)16(18)11-15/h5-6,11H,3-4,7-10,13H2,1-2H3. The largest absolute Gasteiger partial charge is 0.368 e. The Bertz CT molecular complexity index is 587. The van der Waals surface area contributed by atoms with Crippen LogP contribution in [-0.4, -0.2) is 61.5 Å². The lowest BCUT2D eigenvalue weighted by atomic mass is 10.2. The molecule has 23 heavy (non-hydrogen) atoms. The molecule has 0 atom stereocenters. The molecule has 1 saturated heterocycles. The van der Waals surface area contributed by atoms with Gasteiger partial charge in [0, 0.05) is 31.9 Å². The van der Waals surface area contributed by atoms with Crippen molar-refractivity contribution >= 4 is 23.2 Å². The molecule has 5 nitrogen and oxygen atoms in total. The van der Waals surface area contributed by atoms with E-state index in [-0.39, 0.29) is 5.91 Å². The monoisotopic (exact) mass is 334 g/mol. The first kappa shape index (κ1) is 17.6. The Kier molecular flexibility index (Phi) is 6.26. The predicted octanol–water partition coefficient (Wildman–Crippen LogP) is 2.20. The van der Waals surface area contributed by atoms with Crippen molar-refractivity contribution in [3.8, 4) is 6.07 Å². The van der Waals surface area contributed by atoms with Gasteiger partial charge in [-0.3, -0.25) is 9.69 Å². The molecule has 0 N–H and O–H groups in total. The van der Waals surface area contributed by atoms with Crippen molar-refractivity contribution in [3.05, 3.63) is 28.8 Å². The number of hydrogen-bond acceptors (Lipinski definition) is 4. The Balaban J connectivity index is 1.92. The minimum Gasteiger partial charge on any atom is -0.368 e. The van der Waals surface area contributed by atoms with Crippen molar-refractivity contribution in [2.45, 2.75) is 13.8 Å². The molecule has 0 aliphatic carbocycles. The van der Waals surface area contributed by atoms with Crippen LogP contribution in [0.4, 0.5) is 5.69 Å². The first-order valence-electron chi connectivity index (χ1n) is 8.03. The van der Waals surface area contributed by atoms with Crippen LogP contribution in [0.15, 0.2) is 18.2 Å². The summed E-state index contributed by atoms with van der Waals surface area (Å²) in [5, 5.41) is 9.41. The van der Waals surface area contributed by atoms with Crippen LogP contribution in [0.2, 0.25) is 5.02 Å². The molecule has 2 rings (SSSR count). The molecular weight excluding hydrogens is 312 g/mol. The summed E-state index contributed by atoms with van der Waals surface area (Å²) in [7, 11) is 0. The number of nitriles is 1. The summed E-state index contributed by atoms with van der Waals surface area (Å²) in [6.45, 7) is 9.44. The van der Waals surface area contributed by atoms with E-state index in [2.05, 4.69) is 29.7 Å². The van der Waals surface area contributed by atoms with Gasteiger partial charge in [0.15, 0.2) is 0 Å². The van der Waals surface area contributed by atoms with Crippen LogP contribution < -0.4 is 4.90 Å². The highest BCUT2D eigenvalue weighted by molar-refractivity contribution is 6.32. The quantitative estimate of drug-likeness (QED) is 0.828. The molecule has 124 valence electrons. The molecule has 1 heterocycles. The Hall–Kier alpha value is -1.77. The Morgan fingerprint density at radius 3 is 2.43 bits per heavy atom. The molecule has 0 aromatic heterocycles. The van der Waals surface area contributed by atoms with Gasteiger partial charge in [-0.2, -0.15) is 5.26 Å². The van der Waals surface area contributed by atoms with Crippen molar-refractivity contribution in [1.29, 1.82) is 5.26 Å². The summed E-state index contributed by atoms with van der Waals surface area (Å²) in [6.07, 6.45) is 0. The number of nitrogens with zero attached hydrogens (tertiary/aromatic N) is 4. The van der Waals surface area contributed by atoms with Gasteiger partial charge >= 0.3 is 0 Å². The maximum atomic E-state index is 12.3. The average molecular weight is 335 g/mol. The lowest BCUT2D eigenvalue weighted by Gasteiger charge is -2.37. The highest BCUT2D eigenvalue weighted by atomic mass is 35.5. The number of anilines is 1. The third-order valence-corrected chi connectivity index (χ3v) is 4.64. The molecule has 1 aliphatic rings. The zero-order valence-electron chi connectivity index (χ0n) is 13.8. The van der Waals surface area contributed by atoms with Crippen LogP contribution in [0.1, 0.15) is 19.4 Å². The van der Waals surface area contributed by atoms with Crippen molar-refractivity contribution in [2.75, 3.05) is 50.7 Å². The second-order valence-electron chi connectivity index (χ2n) is 5.61. The molecule has 1 aromatic rings. The number of carbonyl (C=O) groups excluding carboxylic acids is 1. The van der Waals surface area contributed by atoms with Crippen LogP contribution in [-0.2, 0) is 4.79 Å². The number of carbonyl (C=O) groups is 1. The van der Waals surface area contributed by atoms with Crippen molar-refractivity contribution in [2.24, 2.45) is 0 Å². The van der Waals surface area contributed by atoms with E-state index in [4.69, 9.17) is 16.9 Å². The summed E-state index contributed by atoms with van der Waals surface area (Å²) in [4.78, 5) is 18.6. The van der Waals surface area contributed by atoms with Crippen LogP contribution in [0.5, 0.6) is 0 Å². The van der Waals surface area contributed by atoms with E-state index in [0.29, 0.717) is 17.1 Å². The van der Waals surface area contributed by atoms with Crippen molar-refractivity contribution in [1.82, 2.24) is 9.80 Å². The van der Waals surface area contributed by atoms with Gasteiger partial charge in [0.05, 0.1) is 17.1 Å². The molecule has 1 aliphatic heterocycles. The number of likely N-dealkylation sites (N-methyl/N-ethyl adjacent to an activating group) is 1. The Morgan fingerprint density at radius 2 is 1.91 bits per heavy atom. The van der Waals surface area contributed by atoms with Crippen LogP contribution in [0.25, 0.3) is 0 Å². The maximum Gasteiger partial charge on any atom is 0.236 e. The topological polar surface area (TPSA) is 50.6 Å². The minimum atomic E-state index is 0.200. The maximum absolute atomic E-state index is 12.3. The van der Waals surface area contributed by atoms with Gasteiger partial charge in [-0.05, 0) is 31.3 Å². The first-order valence-corrected chi connectivity index (χ1v) is 8.41. The average Bonchev–Trinajstić information content (AvgIpc) is 2.59. The SMILES string of the molecule is CCN(CC)CC(=O)N1CCN(c2ccc(C#N)c(Cl)c2)CC1. The zero-order chi connectivity index (χ0) is 16.8. The highest BCUT2D eigenvalue weighted by Gasteiger charge is 2.22. The van der Waals surface area contributed by atoms with Crippen LogP contribution in [0, 0.1) is 11.3 Å². The number of hydrogen-bond donors (Lipinski definition) is 0. The molecule has 1 amide bonds. The summed E-state index contributed by atoms with van der Waals surface area (Å²) in [6, 6.07) is 7.56. The summed E-state index contributed by atoms with van der Waals surface area (Å²) in [5.41, 5.74) is 1.49. The van der Waals surface area contributed by atoms with E-state index in [1.165, 1.54) is 0 Å². The van der Waals surface area contributed by atoms with Crippen molar-refractivity contribution < 1.29 is 4.79 Å². The van der Waals surface area contributed by atoms with Crippen LogP contribution >= 0.6 is 11.6 Å². The van der Waals surface area contributed by atoms with E-state index in [9.17, 15) is 4.79 Å². The lowest BCUT2D eigenvalue weighted by Crippen LogP contribution is -2.51. The first-order chi connectivity index (χ1) is 11.1. The molecule has 1 fully saturated rings. The van der Waals surface area contributed by atoms with Gasteiger partial charge in [0.25, 0.3) is 0 Å². The highest BCUT2D eigenvalue weighted by Crippen LogP contribution is 2.24. The van der Waals surface area contributed by atoms with E-state index in [1.54, 1.807) is 6.07 Å². The van der Waals surface area contributed by atoms with E-state index < -0.39 is 0 Å². The number of amides is 1. The van der Waals surface area contributed by atoms with Gasteiger partial charge in [0.1, 0.15) is 6.07 Å². The fraction of sp³-hybridized carbons (Fsp3) is 0.529. The summed E-state index contributed by atoms with van der Waals surface area (Å²) in [5.74, 6) is 0.200. The fourth-order valence-corrected chi connectivity index (χ4v) is 2.96. The molecule has 1 aromatic carbocycles. The van der Waals surface area contributed by atoms with Gasteiger partial charge in [-0.1, -0.05) is 25.4 Å². The number of piperazine rings is 1. The third kappa shape index (κ3) is 4.37. The second-order valence-corrected chi connectivity index (χ2v) is 6.01. The number of halogens is 1. The third-order valence-electron chi connectivity index (χ3n) is 4.32. The summed E-state index contributed by atoms with van der Waals surface area (Å²) < 4.78 is 0. The smallest absolute Gasteiger partial charge is 0.236 e. The van der Waals surface area contributed by atoms with Gasteiger partial charge in [-0.15, -0.1) is 0 Å². The molecular formula is C17H23ClN4O. The Morgan fingerprint density at radius 1 is 1.26 bits per heavy atom. The fourth-order valence-electron chi connectivity index (χ4n) is 2.74. The molecule has 0 spiro atoms. The summed E-state index contributed by atoms with van der Waals surface area (Å²) >= 11 is 6.10. The van der Waals surface area contributed by atoms with E-state index in [0.717, 1.165) is 45.0 Å². The lowest BCUT2D eigenvalue weighted by molar-refractivity contribution is -0.132. The van der Waals surface area contributed by atoms with Crippen LogP contribution in [0.3, 0.4) is 0 Å². The molecule has 0 bridgehead atoms. The molecule has 0 radical (unpaired) electrons. The molecule has 0 unspecified atom stereocenters. The van der Waals surface area contributed by atoms with E-state index >= 15 is 0 Å². The number of rotatable bonds is 5. The predicted molar refractivity (Wildman–Crippen MR) is 92.7 cm³/mol. The van der Waals surface area contributed by atoms with Gasteiger partial charge in [0.2, 0.25) is 5.91 Å². The minimum absolute atomic E-state index is 0.200.